The van der Waals surface area contributed by atoms with Gasteiger partial charge in [0.15, 0.2) is 0 Å². The topological polar surface area (TPSA) is 105 Å². The zero-order valence-electron chi connectivity index (χ0n) is 10.5. The maximum atomic E-state index is 11.4. The Bertz CT molecular complexity index is 367. The van der Waals surface area contributed by atoms with Crippen LogP contribution >= 0.6 is 11.8 Å². The molecule has 106 valence electrons. The highest BCUT2D eigenvalue weighted by Crippen LogP contribution is 1.97. The minimum absolute atomic E-state index is 0.350. The summed E-state index contributed by atoms with van der Waals surface area (Å²) in [7, 11) is 1.14. The molecule has 0 saturated carbocycles. The molecule has 2 amide bonds. The molecule has 19 heavy (non-hydrogen) atoms. The highest BCUT2D eigenvalue weighted by atomic mass is 32.2. The van der Waals surface area contributed by atoms with E-state index in [0.29, 0.717) is 18.1 Å². The monoisotopic (exact) mass is 288 g/mol. The molecule has 0 bridgehead atoms. The van der Waals surface area contributed by atoms with E-state index in [0.717, 1.165) is 7.11 Å². The van der Waals surface area contributed by atoms with Gasteiger partial charge in [0.1, 0.15) is 6.04 Å². The third kappa shape index (κ3) is 8.79. The fraction of sp³-hybridized carbons (Fsp3) is 0.545. The third-order valence-electron chi connectivity index (χ3n) is 1.92. The fourth-order valence-electron chi connectivity index (χ4n) is 1.03. The Labute approximate surface area is 115 Å². The number of ether oxygens (including phenoxy) is 1. The van der Waals surface area contributed by atoms with E-state index >= 15 is 0 Å². The summed E-state index contributed by atoms with van der Waals surface area (Å²) in [5.74, 6) is 1.58. The molecule has 3 N–H and O–H groups in total. The van der Waals surface area contributed by atoms with E-state index in [-0.39, 0.29) is 0 Å². The first-order chi connectivity index (χ1) is 9.01. The van der Waals surface area contributed by atoms with Gasteiger partial charge < -0.3 is 20.5 Å². The van der Waals surface area contributed by atoms with Gasteiger partial charge in [-0.3, -0.25) is 4.79 Å². The molecule has 0 saturated heterocycles. The largest absolute Gasteiger partial charge is 0.480 e. The molecule has 0 heterocycles. The first-order valence-electron chi connectivity index (χ1n) is 5.36. The van der Waals surface area contributed by atoms with Crippen LogP contribution in [-0.2, 0) is 14.3 Å². The van der Waals surface area contributed by atoms with Crippen LogP contribution < -0.4 is 10.6 Å². The normalized spacial score (nSPS) is 10.9. The van der Waals surface area contributed by atoms with Crippen molar-refractivity contribution in [3.63, 3.8) is 0 Å². The minimum atomic E-state index is -1.31. The van der Waals surface area contributed by atoms with Crippen molar-refractivity contribution >= 4 is 29.7 Å². The van der Waals surface area contributed by atoms with Crippen LogP contribution in [0.2, 0.25) is 0 Å². The van der Waals surface area contributed by atoms with Gasteiger partial charge in [0, 0.05) is 12.3 Å². The molecule has 0 aliphatic carbocycles. The number of carboxylic acid groups (broad SMARTS) is 1. The van der Waals surface area contributed by atoms with Crippen molar-refractivity contribution in [2.45, 2.75) is 12.5 Å². The summed E-state index contributed by atoms with van der Waals surface area (Å²) in [6, 6.07) is -1.97. The van der Waals surface area contributed by atoms with Gasteiger partial charge in [-0.05, 0) is 0 Å². The summed E-state index contributed by atoms with van der Waals surface area (Å²) in [4.78, 5) is 33.2. The zero-order valence-corrected chi connectivity index (χ0v) is 11.3. The maximum absolute atomic E-state index is 11.4. The molecule has 0 unspecified atom stereocenters. The number of rotatable bonds is 8. The molecule has 7 nitrogen and oxygen atoms in total. The van der Waals surface area contributed by atoms with Crippen LogP contribution in [0, 0.1) is 12.3 Å². The lowest BCUT2D eigenvalue weighted by Gasteiger charge is -2.13. The van der Waals surface area contributed by atoms with Gasteiger partial charge >= 0.3 is 18.0 Å². The molecule has 0 fully saturated rings. The number of urea groups is 1. The number of methoxy groups -OCH3 is 1. The van der Waals surface area contributed by atoms with E-state index in [1.165, 1.54) is 11.8 Å². The van der Waals surface area contributed by atoms with Crippen molar-refractivity contribution in [1.82, 2.24) is 10.6 Å². The number of hydrogen-bond donors (Lipinski definition) is 3. The van der Waals surface area contributed by atoms with E-state index in [4.69, 9.17) is 11.5 Å². The smallest absolute Gasteiger partial charge is 0.326 e. The Morgan fingerprint density at radius 2 is 2.16 bits per heavy atom. The summed E-state index contributed by atoms with van der Waals surface area (Å²) in [6.07, 6.45) is 4.62. The van der Waals surface area contributed by atoms with E-state index in [1.54, 1.807) is 0 Å². The van der Waals surface area contributed by atoms with E-state index in [2.05, 4.69) is 21.3 Å². The first kappa shape index (κ1) is 17.1. The number of amides is 2. The lowest BCUT2D eigenvalue weighted by atomic mass is 10.2. The number of carbonyl (C=O) groups is 3. The molecular formula is C11H16N2O5S. The maximum Gasteiger partial charge on any atom is 0.326 e. The molecule has 1 atom stereocenters. The van der Waals surface area contributed by atoms with Crippen molar-refractivity contribution in [1.29, 1.82) is 0 Å². The Morgan fingerprint density at radius 3 is 2.68 bits per heavy atom. The quantitative estimate of drug-likeness (QED) is 0.321. The number of carboxylic acids is 1. The number of esters is 1. The average molecular weight is 288 g/mol. The zero-order chi connectivity index (χ0) is 14.7. The van der Waals surface area contributed by atoms with Gasteiger partial charge in [0.25, 0.3) is 0 Å². The number of nitrogens with one attached hydrogen (secondary N) is 2. The second-order valence-electron chi connectivity index (χ2n) is 3.33. The van der Waals surface area contributed by atoms with Gasteiger partial charge in [0.2, 0.25) is 0 Å². The number of thioether (sulfide) groups is 1. The Morgan fingerprint density at radius 1 is 1.47 bits per heavy atom. The second kappa shape index (κ2) is 10.1. The molecule has 0 rings (SSSR count). The van der Waals surface area contributed by atoms with Crippen LogP contribution in [0.15, 0.2) is 0 Å². The summed E-state index contributed by atoms with van der Waals surface area (Å²) in [6.45, 7) is 0.350. The molecule has 0 aromatic heterocycles. The van der Waals surface area contributed by atoms with Crippen LogP contribution in [0.1, 0.15) is 6.42 Å². The number of aliphatic carboxylic acids is 1. The van der Waals surface area contributed by atoms with Gasteiger partial charge in [-0.2, -0.15) is 0 Å². The Kier molecular flexibility index (Phi) is 9.08. The molecule has 0 aromatic rings. The van der Waals surface area contributed by atoms with Crippen molar-refractivity contribution in [3.05, 3.63) is 0 Å². The highest BCUT2D eigenvalue weighted by Gasteiger charge is 2.23. The molecule has 8 heteroatoms. The lowest BCUT2D eigenvalue weighted by molar-refractivity contribution is -0.147. The van der Waals surface area contributed by atoms with Crippen LogP contribution in [0.4, 0.5) is 4.79 Å². The van der Waals surface area contributed by atoms with E-state index in [1.807, 2.05) is 0 Å². The van der Waals surface area contributed by atoms with Crippen molar-refractivity contribution in [2.24, 2.45) is 0 Å². The summed E-state index contributed by atoms with van der Waals surface area (Å²) < 4.78 is 4.34. The predicted octanol–water partition coefficient (Wildman–Crippen LogP) is -0.332. The molecule has 0 radical (unpaired) electrons. The second-order valence-corrected chi connectivity index (χ2v) is 4.43. The minimum Gasteiger partial charge on any atom is -0.480 e. The van der Waals surface area contributed by atoms with Crippen LogP contribution in [0.5, 0.6) is 0 Å². The fourth-order valence-corrected chi connectivity index (χ4v) is 1.54. The standard InChI is InChI=1S/C11H16N2O5S/c1-3-5-19-6-4-12-11(17)13-8(10(15)16)7-9(14)18-2/h1,8H,4-7H2,2H3,(H,15,16)(H2,12,13,17)/t8-/m0/s1. The summed E-state index contributed by atoms with van der Waals surface area (Å²) in [5, 5.41) is 13.5. The Hall–Kier alpha value is -1.88. The molecule has 0 aliphatic heterocycles. The van der Waals surface area contributed by atoms with Gasteiger partial charge in [-0.15, -0.1) is 18.2 Å². The molecule has 0 aliphatic rings. The van der Waals surface area contributed by atoms with E-state index in [9.17, 15) is 14.4 Å². The summed E-state index contributed by atoms with van der Waals surface area (Å²) in [5.41, 5.74) is 0. The number of terminal acetylenes is 1. The molecule has 0 spiro atoms. The number of hydrogen-bond acceptors (Lipinski definition) is 5. The number of carbonyl (C=O) groups excluding carboxylic acids is 2. The van der Waals surface area contributed by atoms with Crippen molar-refractivity contribution in [2.75, 3.05) is 25.2 Å². The first-order valence-corrected chi connectivity index (χ1v) is 6.52. The van der Waals surface area contributed by atoms with Crippen LogP contribution in [0.3, 0.4) is 0 Å². The molecular weight excluding hydrogens is 272 g/mol. The van der Waals surface area contributed by atoms with Crippen LogP contribution in [0.25, 0.3) is 0 Å². The highest BCUT2D eigenvalue weighted by molar-refractivity contribution is 7.99. The van der Waals surface area contributed by atoms with Gasteiger partial charge in [0.05, 0.1) is 19.3 Å². The third-order valence-corrected chi connectivity index (χ3v) is 2.78. The average Bonchev–Trinajstić information content (AvgIpc) is 2.37. The van der Waals surface area contributed by atoms with E-state index < -0.39 is 30.4 Å². The van der Waals surface area contributed by atoms with Crippen molar-refractivity contribution < 1.29 is 24.2 Å². The SMILES string of the molecule is C#CCSCCNC(=O)N[C@@H](CC(=O)OC)C(=O)O. The van der Waals surface area contributed by atoms with Crippen molar-refractivity contribution in [3.8, 4) is 12.3 Å². The molecule has 0 aromatic carbocycles. The summed E-state index contributed by atoms with van der Waals surface area (Å²) >= 11 is 1.47. The lowest BCUT2D eigenvalue weighted by Crippen LogP contribution is -2.47. The van der Waals surface area contributed by atoms with Gasteiger partial charge in [-0.25, -0.2) is 9.59 Å². The predicted molar refractivity (Wildman–Crippen MR) is 70.7 cm³/mol. The Balaban J connectivity index is 4.01. The van der Waals surface area contributed by atoms with Crippen LogP contribution in [-0.4, -0.2) is 54.3 Å². The van der Waals surface area contributed by atoms with Gasteiger partial charge in [-0.1, -0.05) is 5.92 Å².